The lowest BCUT2D eigenvalue weighted by molar-refractivity contribution is -0.128. The molecule has 0 bridgehead atoms. The van der Waals surface area contributed by atoms with E-state index >= 15 is 0 Å². The highest BCUT2D eigenvalue weighted by molar-refractivity contribution is 5.92. The van der Waals surface area contributed by atoms with Crippen LogP contribution in [0.25, 0.3) is 0 Å². The van der Waals surface area contributed by atoms with Crippen molar-refractivity contribution in [3.8, 4) is 0 Å². The Bertz CT molecular complexity index is 625. The zero-order chi connectivity index (χ0) is 18.9. The van der Waals surface area contributed by atoms with E-state index in [1.807, 2.05) is 29.2 Å². The Hall–Kier alpha value is -2.14. The molecule has 3 N–H and O–H groups in total. The van der Waals surface area contributed by atoms with Crippen LogP contribution in [0.3, 0.4) is 0 Å². The lowest BCUT2D eigenvalue weighted by Gasteiger charge is -2.23. The van der Waals surface area contributed by atoms with Crippen LogP contribution in [-0.4, -0.2) is 40.5 Å². The Morgan fingerprint density at radius 2 is 2.08 bits per heavy atom. The van der Waals surface area contributed by atoms with E-state index in [0.717, 1.165) is 44.1 Å². The molecule has 0 radical (unpaired) electrons. The number of likely N-dealkylation sites (tertiary alicyclic amines) is 1. The average molecular weight is 358 g/mol. The first-order chi connectivity index (χ1) is 12.5. The highest BCUT2D eigenvalue weighted by Gasteiger charge is 2.28. The van der Waals surface area contributed by atoms with Gasteiger partial charge in [-0.25, -0.2) is 0 Å². The molecule has 1 heterocycles. The minimum absolute atomic E-state index is 0.0632. The van der Waals surface area contributed by atoms with E-state index in [1.54, 1.807) is 12.1 Å². The molecule has 5 nitrogen and oxygen atoms in total. The average Bonchev–Trinajstić information content (AvgIpc) is 2.98. The van der Waals surface area contributed by atoms with E-state index in [4.69, 9.17) is 5.73 Å². The van der Waals surface area contributed by atoms with Crippen LogP contribution in [0, 0.1) is 0 Å². The number of nitrogens with zero attached hydrogens (tertiary/aromatic N) is 1. The number of aliphatic hydroxyl groups excluding tert-OH is 1. The molecule has 0 aliphatic carbocycles. The molecule has 26 heavy (non-hydrogen) atoms. The number of benzene rings is 1. The number of carbonyl (C=O) groups is 2. The minimum Gasteiger partial charge on any atom is -0.389 e. The maximum Gasteiger partial charge on any atom is 0.248 e. The molecule has 5 heteroatoms. The van der Waals surface area contributed by atoms with Crippen molar-refractivity contribution < 1.29 is 14.7 Å². The van der Waals surface area contributed by atoms with Crippen molar-refractivity contribution in [1.82, 2.24) is 4.90 Å². The number of unbranched alkanes of at least 4 members (excludes halogenated alkanes) is 2. The molecule has 0 spiro atoms. The van der Waals surface area contributed by atoms with E-state index in [9.17, 15) is 14.7 Å². The van der Waals surface area contributed by atoms with E-state index in [0.29, 0.717) is 18.5 Å². The van der Waals surface area contributed by atoms with Gasteiger partial charge in [0.25, 0.3) is 0 Å². The van der Waals surface area contributed by atoms with Crippen molar-refractivity contribution in [2.24, 2.45) is 5.73 Å². The molecule has 2 atom stereocenters. The normalized spacial score (nSPS) is 18.6. The fourth-order valence-corrected chi connectivity index (χ4v) is 3.29. The number of aliphatic hydroxyl groups is 1. The van der Waals surface area contributed by atoms with E-state index < -0.39 is 12.0 Å². The molecule has 2 unspecified atom stereocenters. The Kier molecular flexibility index (Phi) is 7.85. The second-order valence-electron chi connectivity index (χ2n) is 6.95. The number of carbonyl (C=O) groups excluding carboxylic acids is 2. The predicted molar refractivity (Wildman–Crippen MR) is 103 cm³/mol. The largest absolute Gasteiger partial charge is 0.389 e. The fraction of sp³-hybridized carbons (Fsp3) is 0.524. The third-order valence-corrected chi connectivity index (χ3v) is 4.91. The summed E-state index contributed by atoms with van der Waals surface area (Å²) in [6.07, 6.45) is 9.56. The number of amides is 2. The van der Waals surface area contributed by atoms with Gasteiger partial charge in [-0.3, -0.25) is 9.59 Å². The first-order valence-corrected chi connectivity index (χ1v) is 9.56. The van der Waals surface area contributed by atoms with Crippen LogP contribution < -0.4 is 5.73 Å². The summed E-state index contributed by atoms with van der Waals surface area (Å²) in [4.78, 5) is 25.2. The number of hydrogen-bond acceptors (Lipinski definition) is 3. The first-order valence-electron chi connectivity index (χ1n) is 9.56. The zero-order valence-corrected chi connectivity index (χ0v) is 15.6. The summed E-state index contributed by atoms with van der Waals surface area (Å²) in [7, 11) is 0. The van der Waals surface area contributed by atoms with Crippen molar-refractivity contribution in [2.75, 3.05) is 6.54 Å². The molecule has 0 saturated carbocycles. The van der Waals surface area contributed by atoms with Gasteiger partial charge >= 0.3 is 0 Å². The van der Waals surface area contributed by atoms with Gasteiger partial charge in [-0.15, -0.1) is 0 Å². The summed E-state index contributed by atoms with van der Waals surface area (Å²) in [6.45, 7) is 2.78. The molecule has 1 aliphatic rings. The van der Waals surface area contributed by atoms with Crippen LogP contribution in [0.4, 0.5) is 0 Å². The van der Waals surface area contributed by atoms with Crippen LogP contribution in [0.1, 0.15) is 61.4 Å². The lowest BCUT2D eigenvalue weighted by Crippen LogP contribution is -2.33. The van der Waals surface area contributed by atoms with Crippen molar-refractivity contribution in [1.29, 1.82) is 0 Å². The SMILES string of the molecule is CCCCCC(O)/C=C\C1CCC(=O)N1CCc1ccc(C(N)=O)cc1. The summed E-state index contributed by atoms with van der Waals surface area (Å²) in [5.41, 5.74) is 6.81. The van der Waals surface area contributed by atoms with Crippen LogP contribution in [-0.2, 0) is 11.2 Å². The highest BCUT2D eigenvalue weighted by Crippen LogP contribution is 2.21. The Balaban J connectivity index is 1.87. The Morgan fingerprint density at radius 3 is 2.73 bits per heavy atom. The number of hydrogen-bond donors (Lipinski definition) is 2. The van der Waals surface area contributed by atoms with Crippen LogP contribution in [0.2, 0.25) is 0 Å². The van der Waals surface area contributed by atoms with Gasteiger partial charge in [-0.2, -0.15) is 0 Å². The predicted octanol–water partition coefficient (Wildman–Crippen LogP) is 2.82. The topological polar surface area (TPSA) is 83.6 Å². The summed E-state index contributed by atoms with van der Waals surface area (Å²) in [5.74, 6) is -0.275. The smallest absolute Gasteiger partial charge is 0.248 e. The number of nitrogens with two attached hydrogens (primary N) is 1. The Morgan fingerprint density at radius 1 is 1.35 bits per heavy atom. The molecule has 1 aromatic carbocycles. The zero-order valence-electron chi connectivity index (χ0n) is 15.6. The summed E-state index contributed by atoms with van der Waals surface area (Å²) in [6, 6.07) is 7.25. The summed E-state index contributed by atoms with van der Waals surface area (Å²) >= 11 is 0. The number of rotatable bonds is 10. The van der Waals surface area contributed by atoms with E-state index in [1.165, 1.54) is 0 Å². The minimum atomic E-state index is -0.436. The fourth-order valence-electron chi connectivity index (χ4n) is 3.29. The van der Waals surface area contributed by atoms with Gasteiger partial charge in [0.2, 0.25) is 11.8 Å². The number of primary amides is 1. The van der Waals surface area contributed by atoms with Gasteiger partial charge in [-0.05, 0) is 37.0 Å². The van der Waals surface area contributed by atoms with E-state index in [-0.39, 0.29) is 11.9 Å². The van der Waals surface area contributed by atoms with Gasteiger partial charge in [0.15, 0.2) is 0 Å². The quantitative estimate of drug-likeness (QED) is 0.498. The maximum absolute atomic E-state index is 12.2. The van der Waals surface area contributed by atoms with Crippen LogP contribution in [0.15, 0.2) is 36.4 Å². The van der Waals surface area contributed by atoms with E-state index in [2.05, 4.69) is 6.92 Å². The molecule has 1 aromatic rings. The maximum atomic E-state index is 12.2. The molecule has 1 saturated heterocycles. The van der Waals surface area contributed by atoms with Crippen molar-refractivity contribution in [3.63, 3.8) is 0 Å². The third kappa shape index (κ3) is 5.99. The van der Waals surface area contributed by atoms with Crippen molar-refractivity contribution >= 4 is 11.8 Å². The van der Waals surface area contributed by atoms with Gasteiger partial charge in [0.05, 0.1) is 12.1 Å². The second kappa shape index (κ2) is 10.1. The lowest BCUT2D eigenvalue weighted by atomic mass is 10.1. The van der Waals surface area contributed by atoms with Gasteiger partial charge in [0, 0.05) is 18.5 Å². The molecule has 1 aliphatic heterocycles. The van der Waals surface area contributed by atoms with Gasteiger partial charge in [0.1, 0.15) is 0 Å². The molecule has 1 fully saturated rings. The van der Waals surface area contributed by atoms with Crippen molar-refractivity contribution in [3.05, 3.63) is 47.5 Å². The third-order valence-electron chi connectivity index (χ3n) is 4.91. The molecule has 2 amide bonds. The Labute approximate surface area is 155 Å². The standard InChI is InChI=1S/C21H30N2O3/c1-2-3-4-5-19(24)12-10-18-11-13-20(25)23(18)15-14-16-6-8-17(9-7-16)21(22)26/h6-10,12,18-19,24H,2-5,11,13-15H2,1H3,(H2,22,26)/b12-10-. The summed E-state index contributed by atoms with van der Waals surface area (Å²) < 4.78 is 0. The van der Waals surface area contributed by atoms with Gasteiger partial charge in [-0.1, -0.05) is 50.5 Å². The second-order valence-corrected chi connectivity index (χ2v) is 6.95. The van der Waals surface area contributed by atoms with Gasteiger partial charge < -0.3 is 15.7 Å². The highest BCUT2D eigenvalue weighted by atomic mass is 16.3. The van der Waals surface area contributed by atoms with Crippen LogP contribution in [0.5, 0.6) is 0 Å². The molecule has 142 valence electrons. The molecule has 2 rings (SSSR count). The summed E-state index contributed by atoms with van der Waals surface area (Å²) in [5, 5.41) is 10.0. The first kappa shape index (κ1) is 20.2. The van der Waals surface area contributed by atoms with Crippen LogP contribution >= 0.6 is 0 Å². The van der Waals surface area contributed by atoms with Crippen molar-refractivity contribution in [2.45, 2.75) is 64.0 Å². The monoisotopic (exact) mass is 358 g/mol. The molecular formula is C21H30N2O3. The molecule has 0 aromatic heterocycles. The molecular weight excluding hydrogens is 328 g/mol.